The molecular formula is C15H33IN4O2S. The van der Waals surface area contributed by atoms with Gasteiger partial charge in [0, 0.05) is 38.5 Å². The molecule has 0 aliphatic carbocycles. The fourth-order valence-corrected chi connectivity index (χ4v) is 3.48. The SMILES string of the molecule is CN=C(NCCN1CCCCC1C)NC(C)CCS(C)(=O)=O.I. The lowest BCUT2D eigenvalue weighted by Crippen LogP contribution is -2.47. The molecule has 138 valence electrons. The van der Waals surface area contributed by atoms with Crippen molar-refractivity contribution in [1.29, 1.82) is 0 Å². The van der Waals surface area contributed by atoms with E-state index in [1.807, 2.05) is 6.92 Å². The second-order valence-electron chi connectivity index (χ2n) is 6.34. The van der Waals surface area contributed by atoms with Gasteiger partial charge in [0.1, 0.15) is 9.84 Å². The first-order valence-electron chi connectivity index (χ1n) is 8.21. The van der Waals surface area contributed by atoms with Crippen LogP contribution in [0.3, 0.4) is 0 Å². The Morgan fingerprint density at radius 3 is 2.65 bits per heavy atom. The van der Waals surface area contributed by atoms with Crippen molar-refractivity contribution in [2.24, 2.45) is 4.99 Å². The monoisotopic (exact) mass is 460 g/mol. The predicted octanol–water partition coefficient (Wildman–Crippen LogP) is 1.47. The summed E-state index contributed by atoms with van der Waals surface area (Å²) in [5.74, 6) is 0.939. The number of likely N-dealkylation sites (tertiary alicyclic amines) is 1. The van der Waals surface area contributed by atoms with Crippen LogP contribution in [-0.4, -0.2) is 70.1 Å². The van der Waals surface area contributed by atoms with Crippen LogP contribution < -0.4 is 10.6 Å². The molecule has 1 saturated heterocycles. The van der Waals surface area contributed by atoms with Gasteiger partial charge < -0.3 is 10.6 Å². The first kappa shape index (κ1) is 22.9. The van der Waals surface area contributed by atoms with E-state index >= 15 is 0 Å². The number of halogens is 1. The van der Waals surface area contributed by atoms with Crippen molar-refractivity contribution in [2.75, 3.05) is 38.7 Å². The highest BCUT2D eigenvalue weighted by molar-refractivity contribution is 14.0. The second-order valence-corrected chi connectivity index (χ2v) is 8.60. The van der Waals surface area contributed by atoms with Crippen molar-refractivity contribution in [3.63, 3.8) is 0 Å². The fourth-order valence-electron chi connectivity index (χ4n) is 2.70. The smallest absolute Gasteiger partial charge is 0.191 e. The molecule has 0 aromatic carbocycles. The lowest BCUT2D eigenvalue weighted by Gasteiger charge is -2.33. The predicted molar refractivity (Wildman–Crippen MR) is 109 cm³/mol. The molecule has 1 heterocycles. The molecule has 2 atom stereocenters. The quantitative estimate of drug-likeness (QED) is 0.342. The minimum atomic E-state index is -2.91. The van der Waals surface area contributed by atoms with Gasteiger partial charge in [-0.2, -0.15) is 0 Å². The molecule has 8 heteroatoms. The lowest BCUT2D eigenvalue weighted by atomic mass is 10.0. The van der Waals surface area contributed by atoms with Gasteiger partial charge in [0.25, 0.3) is 0 Å². The van der Waals surface area contributed by atoms with Gasteiger partial charge in [-0.15, -0.1) is 24.0 Å². The number of guanidine groups is 1. The van der Waals surface area contributed by atoms with E-state index in [9.17, 15) is 8.42 Å². The molecule has 1 aliphatic rings. The number of nitrogens with zero attached hydrogens (tertiary/aromatic N) is 2. The number of rotatable bonds is 7. The maximum atomic E-state index is 11.2. The summed E-state index contributed by atoms with van der Waals surface area (Å²) < 4.78 is 22.4. The summed E-state index contributed by atoms with van der Waals surface area (Å²) in [7, 11) is -1.17. The Morgan fingerprint density at radius 1 is 1.39 bits per heavy atom. The summed E-state index contributed by atoms with van der Waals surface area (Å²) in [6.07, 6.45) is 5.77. The van der Waals surface area contributed by atoms with Crippen molar-refractivity contribution < 1.29 is 8.42 Å². The average molecular weight is 460 g/mol. The summed E-state index contributed by atoms with van der Waals surface area (Å²) >= 11 is 0. The molecule has 1 aliphatic heterocycles. The van der Waals surface area contributed by atoms with Crippen molar-refractivity contribution in [3.05, 3.63) is 0 Å². The Morgan fingerprint density at radius 2 is 2.09 bits per heavy atom. The molecule has 1 fully saturated rings. The zero-order chi connectivity index (χ0) is 16.6. The third-order valence-corrected chi connectivity index (χ3v) is 5.14. The first-order valence-corrected chi connectivity index (χ1v) is 10.3. The van der Waals surface area contributed by atoms with Crippen LogP contribution in [0.25, 0.3) is 0 Å². The van der Waals surface area contributed by atoms with Crippen LogP contribution in [-0.2, 0) is 9.84 Å². The summed E-state index contributed by atoms with van der Waals surface area (Å²) in [6, 6.07) is 0.744. The summed E-state index contributed by atoms with van der Waals surface area (Å²) in [5, 5.41) is 6.56. The molecule has 0 amide bonds. The Kier molecular flexibility index (Phi) is 11.4. The van der Waals surface area contributed by atoms with Gasteiger partial charge in [0.05, 0.1) is 5.75 Å². The van der Waals surface area contributed by atoms with E-state index in [2.05, 4.69) is 27.4 Å². The van der Waals surface area contributed by atoms with Gasteiger partial charge in [-0.3, -0.25) is 9.89 Å². The van der Waals surface area contributed by atoms with E-state index in [1.165, 1.54) is 32.1 Å². The highest BCUT2D eigenvalue weighted by Crippen LogP contribution is 2.15. The number of nitrogens with one attached hydrogen (secondary N) is 2. The third kappa shape index (κ3) is 10.4. The van der Waals surface area contributed by atoms with Crippen LogP contribution in [0.4, 0.5) is 0 Å². The van der Waals surface area contributed by atoms with Gasteiger partial charge in [0.15, 0.2) is 5.96 Å². The highest BCUT2D eigenvalue weighted by Gasteiger charge is 2.17. The Balaban J connectivity index is 0.00000484. The van der Waals surface area contributed by atoms with Crippen LogP contribution in [0.5, 0.6) is 0 Å². The Labute approximate surface area is 158 Å². The number of piperidine rings is 1. The fraction of sp³-hybridized carbons (Fsp3) is 0.933. The van der Waals surface area contributed by atoms with E-state index in [0.29, 0.717) is 12.5 Å². The van der Waals surface area contributed by atoms with Gasteiger partial charge in [-0.1, -0.05) is 6.42 Å². The number of sulfone groups is 1. The molecule has 6 nitrogen and oxygen atoms in total. The van der Waals surface area contributed by atoms with Crippen molar-refractivity contribution in [1.82, 2.24) is 15.5 Å². The van der Waals surface area contributed by atoms with E-state index in [-0.39, 0.29) is 35.8 Å². The topological polar surface area (TPSA) is 73.8 Å². The zero-order valence-electron chi connectivity index (χ0n) is 14.8. The summed E-state index contributed by atoms with van der Waals surface area (Å²) in [6.45, 7) is 7.31. The summed E-state index contributed by atoms with van der Waals surface area (Å²) in [4.78, 5) is 6.71. The van der Waals surface area contributed by atoms with Crippen molar-refractivity contribution >= 4 is 39.8 Å². The molecule has 0 radical (unpaired) electrons. The Bertz CT molecular complexity index is 456. The minimum absolute atomic E-state index is 0. The maximum Gasteiger partial charge on any atom is 0.191 e. The molecule has 23 heavy (non-hydrogen) atoms. The van der Waals surface area contributed by atoms with Crippen LogP contribution in [0, 0.1) is 0 Å². The molecule has 0 spiro atoms. The van der Waals surface area contributed by atoms with E-state index < -0.39 is 9.84 Å². The van der Waals surface area contributed by atoms with Crippen molar-refractivity contribution in [3.8, 4) is 0 Å². The Hall–Kier alpha value is -0.0900. The van der Waals surface area contributed by atoms with Crippen molar-refractivity contribution in [2.45, 2.75) is 51.6 Å². The van der Waals surface area contributed by atoms with Gasteiger partial charge in [0.2, 0.25) is 0 Å². The van der Waals surface area contributed by atoms with Crippen LogP contribution >= 0.6 is 24.0 Å². The summed E-state index contributed by atoms with van der Waals surface area (Å²) in [5.41, 5.74) is 0. The van der Waals surface area contributed by atoms with Crippen LogP contribution in [0.15, 0.2) is 4.99 Å². The van der Waals surface area contributed by atoms with E-state index in [4.69, 9.17) is 0 Å². The first-order chi connectivity index (χ1) is 10.3. The minimum Gasteiger partial charge on any atom is -0.355 e. The molecule has 0 bridgehead atoms. The van der Waals surface area contributed by atoms with Crippen LogP contribution in [0.2, 0.25) is 0 Å². The third-order valence-electron chi connectivity index (χ3n) is 4.16. The average Bonchev–Trinajstić information content (AvgIpc) is 2.45. The maximum absolute atomic E-state index is 11.2. The molecule has 0 aromatic heterocycles. The molecule has 2 unspecified atom stereocenters. The standard InChI is InChI=1S/C15H32N4O2S.HI/c1-13(8-12-22(4,20)21)18-15(16-3)17-9-11-19-10-6-5-7-14(19)2;/h13-14H,5-12H2,1-4H3,(H2,16,17,18);1H. The lowest BCUT2D eigenvalue weighted by molar-refractivity contribution is 0.163. The van der Waals surface area contributed by atoms with Crippen LogP contribution in [0.1, 0.15) is 39.5 Å². The van der Waals surface area contributed by atoms with E-state index in [1.54, 1.807) is 7.05 Å². The number of hydrogen-bond donors (Lipinski definition) is 2. The normalized spacial score (nSPS) is 21.4. The van der Waals surface area contributed by atoms with Gasteiger partial charge in [-0.05, 0) is 39.7 Å². The number of aliphatic imine (C=N–C) groups is 1. The van der Waals surface area contributed by atoms with E-state index in [0.717, 1.165) is 19.0 Å². The molecule has 1 rings (SSSR count). The highest BCUT2D eigenvalue weighted by atomic mass is 127. The van der Waals surface area contributed by atoms with Gasteiger partial charge >= 0.3 is 0 Å². The molecular weight excluding hydrogens is 427 g/mol. The largest absolute Gasteiger partial charge is 0.355 e. The second kappa shape index (κ2) is 11.5. The number of hydrogen-bond acceptors (Lipinski definition) is 4. The molecule has 0 aromatic rings. The zero-order valence-corrected chi connectivity index (χ0v) is 18.0. The molecule has 0 saturated carbocycles. The van der Waals surface area contributed by atoms with Gasteiger partial charge in [-0.25, -0.2) is 8.42 Å². The molecule has 2 N–H and O–H groups in total.